The Morgan fingerprint density at radius 2 is 1.42 bits per heavy atom. The first kappa shape index (κ1) is 27.7. The van der Waals surface area contributed by atoms with Crippen LogP contribution >= 0.6 is 15.9 Å². The van der Waals surface area contributed by atoms with Crippen molar-refractivity contribution in [1.29, 1.82) is 0 Å². The second-order valence-electron chi connectivity index (χ2n) is 8.76. The van der Waals surface area contributed by atoms with Gasteiger partial charge >= 0.3 is 12.3 Å². The third-order valence-corrected chi connectivity index (χ3v) is 6.25. The molecule has 3 rings (SSSR count). The molecule has 3 unspecified atom stereocenters. The maximum absolute atomic E-state index is 13.2. The van der Waals surface area contributed by atoms with Crippen LogP contribution in [0.25, 0.3) is 0 Å². The Kier molecular flexibility index (Phi) is 9.19. The van der Waals surface area contributed by atoms with Crippen LogP contribution in [-0.2, 0) is 14.3 Å². The third-order valence-electron chi connectivity index (χ3n) is 5.76. The monoisotopic (exact) mass is 564 g/mol. The summed E-state index contributed by atoms with van der Waals surface area (Å²) in [4.78, 5) is 13.2. The van der Waals surface area contributed by atoms with Gasteiger partial charge in [0.15, 0.2) is 0 Å². The number of alkyl halides is 3. The average Bonchev–Trinajstić information content (AvgIpc) is 2.80. The van der Waals surface area contributed by atoms with E-state index in [1.54, 1.807) is 14.0 Å². The SMILES string of the molecule is COC(c1cccc(Br)c1)c1cccc(C(C)OC(=O)C(c2ccc(OC(F)(F)F)cc2)C(C)C)c1. The number of carbonyl (C=O) groups excluding carboxylic acids is 1. The molecule has 0 fully saturated rings. The van der Waals surface area contributed by atoms with Gasteiger partial charge in [0.2, 0.25) is 0 Å². The third kappa shape index (κ3) is 7.34. The van der Waals surface area contributed by atoms with Crippen molar-refractivity contribution in [3.8, 4) is 5.75 Å². The molecule has 3 aromatic rings. The zero-order valence-corrected chi connectivity index (χ0v) is 22.0. The van der Waals surface area contributed by atoms with E-state index < -0.39 is 24.4 Å². The van der Waals surface area contributed by atoms with E-state index in [0.29, 0.717) is 5.56 Å². The Hall–Kier alpha value is -2.84. The smallest absolute Gasteiger partial charge is 0.457 e. The summed E-state index contributed by atoms with van der Waals surface area (Å²) in [5, 5.41) is 0. The highest BCUT2D eigenvalue weighted by molar-refractivity contribution is 9.10. The van der Waals surface area contributed by atoms with Gasteiger partial charge in [0.25, 0.3) is 0 Å². The van der Waals surface area contributed by atoms with Crippen LogP contribution in [0.15, 0.2) is 77.3 Å². The molecule has 0 aromatic heterocycles. The molecule has 0 aliphatic rings. The van der Waals surface area contributed by atoms with Gasteiger partial charge in [0.1, 0.15) is 18.0 Å². The number of esters is 1. The molecule has 0 saturated carbocycles. The van der Waals surface area contributed by atoms with Crippen molar-refractivity contribution in [3.05, 3.63) is 99.5 Å². The molecule has 4 nitrogen and oxygen atoms in total. The zero-order chi connectivity index (χ0) is 26.5. The molecule has 0 aliphatic heterocycles. The average molecular weight is 565 g/mol. The minimum atomic E-state index is -4.78. The number of benzene rings is 3. The molecule has 8 heteroatoms. The van der Waals surface area contributed by atoms with E-state index in [4.69, 9.17) is 9.47 Å². The number of halogens is 4. The van der Waals surface area contributed by atoms with E-state index in [9.17, 15) is 18.0 Å². The van der Waals surface area contributed by atoms with Gasteiger partial charge in [-0.1, -0.05) is 72.2 Å². The fourth-order valence-electron chi connectivity index (χ4n) is 4.09. The highest BCUT2D eigenvalue weighted by Gasteiger charge is 2.32. The van der Waals surface area contributed by atoms with E-state index in [-0.39, 0.29) is 17.8 Å². The van der Waals surface area contributed by atoms with Crippen molar-refractivity contribution in [2.24, 2.45) is 5.92 Å². The normalized spacial score (nSPS) is 14.2. The molecule has 0 saturated heterocycles. The molecule has 3 atom stereocenters. The quantitative estimate of drug-likeness (QED) is 0.246. The lowest BCUT2D eigenvalue weighted by molar-refractivity contribution is -0.274. The minimum absolute atomic E-state index is 0.139. The van der Waals surface area contributed by atoms with E-state index in [2.05, 4.69) is 20.7 Å². The fraction of sp³-hybridized carbons (Fsp3) is 0.321. The Labute approximate surface area is 217 Å². The number of rotatable bonds is 9. The molecule has 192 valence electrons. The predicted molar refractivity (Wildman–Crippen MR) is 135 cm³/mol. The van der Waals surface area contributed by atoms with Gasteiger partial charge in [-0.25, -0.2) is 0 Å². The zero-order valence-electron chi connectivity index (χ0n) is 20.4. The first-order valence-electron chi connectivity index (χ1n) is 11.4. The summed E-state index contributed by atoms with van der Waals surface area (Å²) in [5.74, 6) is -1.59. The first-order valence-corrected chi connectivity index (χ1v) is 12.2. The van der Waals surface area contributed by atoms with Crippen LogP contribution < -0.4 is 4.74 Å². The molecule has 0 heterocycles. The minimum Gasteiger partial charge on any atom is -0.457 e. The number of carbonyl (C=O) groups is 1. The molecule has 0 amide bonds. The standard InChI is InChI=1S/C28H28BrF3O4/c1-17(2)25(19-11-13-24(14-12-19)36-28(30,31)32)27(33)35-18(3)20-7-5-8-21(15-20)26(34-4)22-9-6-10-23(29)16-22/h5-18,25-26H,1-4H3. The van der Waals surface area contributed by atoms with Gasteiger partial charge < -0.3 is 14.2 Å². The summed E-state index contributed by atoms with van der Waals surface area (Å²) < 4.78 is 53.9. The highest BCUT2D eigenvalue weighted by atomic mass is 79.9. The molecule has 0 spiro atoms. The molecule has 0 bridgehead atoms. The Morgan fingerprint density at radius 3 is 1.97 bits per heavy atom. The van der Waals surface area contributed by atoms with Gasteiger partial charge in [-0.2, -0.15) is 0 Å². The van der Waals surface area contributed by atoms with Crippen LogP contribution in [0, 0.1) is 5.92 Å². The van der Waals surface area contributed by atoms with Crippen molar-refractivity contribution in [2.75, 3.05) is 7.11 Å². The lowest BCUT2D eigenvalue weighted by Crippen LogP contribution is -2.22. The summed E-state index contributed by atoms with van der Waals surface area (Å²) in [6.07, 6.45) is -5.63. The summed E-state index contributed by atoms with van der Waals surface area (Å²) in [7, 11) is 1.64. The lowest BCUT2D eigenvalue weighted by atomic mass is 9.88. The Morgan fingerprint density at radius 1 is 0.833 bits per heavy atom. The van der Waals surface area contributed by atoms with Crippen molar-refractivity contribution < 1.29 is 32.2 Å². The summed E-state index contributed by atoms with van der Waals surface area (Å²) in [6, 6.07) is 20.8. The van der Waals surface area contributed by atoms with Gasteiger partial charge in [0, 0.05) is 11.6 Å². The van der Waals surface area contributed by atoms with Gasteiger partial charge in [-0.05, 0) is 65.4 Å². The molecule has 3 aromatic carbocycles. The van der Waals surface area contributed by atoms with Crippen LogP contribution in [0.5, 0.6) is 5.75 Å². The molecule has 0 N–H and O–H groups in total. The van der Waals surface area contributed by atoms with E-state index >= 15 is 0 Å². The second-order valence-corrected chi connectivity index (χ2v) is 9.67. The number of hydrogen-bond acceptors (Lipinski definition) is 4. The lowest BCUT2D eigenvalue weighted by Gasteiger charge is -2.24. The number of methoxy groups -OCH3 is 1. The molecule has 0 aliphatic carbocycles. The van der Waals surface area contributed by atoms with Crippen LogP contribution in [0.2, 0.25) is 0 Å². The summed E-state index contributed by atoms with van der Waals surface area (Å²) in [6.45, 7) is 5.51. The molecular formula is C28H28BrF3O4. The highest BCUT2D eigenvalue weighted by Crippen LogP contribution is 2.33. The fourth-order valence-corrected chi connectivity index (χ4v) is 4.51. The van der Waals surface area contributed by atoms with Crippen LogP contribution in [-0.4, -0.2) is 19.4 Å². The Bertz CT molecular complexity index is 1160. The van der Waals surface area contributed by atoms with Crippen LogP contribution in [0.1, 0.15) is 61.2 Å². The summed E-state index contributed by atoms with van der Waals surface area (Å²) in [5.41, 5.74) is 3.25. The number of hydrogen-bond donors (Lipinski definition) is 0. The van der Waals surface area contributed by atoms with Crippen molar-refractivity contribution in [2.45, 2.75) is 45.3 Å². The first-order chi connectivity index (χ1) is 17.0. The van der Waals surface area contributed by atoms with Crippen LogP contribution in [0.4, 0.5) is 13.2 Å². The maximum atomic E-state index is 13.2. The molecule has 36 heavy (non-hydrogen) atoms. The maximum Gasteiger partial charge on any atom is 0.573 e. The summed E-state index contributed by atoms with van der Waals surface area (Å²) >= 11 is 3.49. The van der Waals surface area contributed by atoms with E-state index in [1.165, 1.54) is 24.3 Å². The van der Waals surface area contributed by atoms with Crippen molar-refractivity contribution in [1.82, 2.24) is 0 Å². The van der Waals surface area contributed by atoms with Gasteiger partial charge in [-0.15, -0.1) is 13.2 Å². The van der Waals surface area contributed by atoms with Gasteiger partial charge in [0.05, 0.1) is 5.92 Å². The topological polar surface area (TPSA) is 44.8 Å². The second kappa shape index (κ2) is 11.9. The Balaban J connectivity index is 1.77. The van der Waals surface area contributed by atoms with Crippen molar-refractivity contribution in [3.63, 3.8) is 0 Å². The van der Waals surface area contributed by atoms with E-state index in [1.807, 2.05) is 62.4 Å². The van der Waals surface area contributed by atoms with Crippen molar-refractivity contribution >= 4 is 21.9 Å². The molecular weight excluding hydrogens is 537 g/mol. The van der Waals surface area contributed by atoms with E-state index in [0.717, 1.165) is 21.2 Å². The predicted octanol–water partition coefficient (Wildman–Crippen LogP) is 8.13. The largest absolute Gasteiger partial charge is 0.573 e. The molecule has 0 radical (unpaired) electrons. The number of ether oxygens (including phenoxy) is 3. The van der Waals surface area contributed by atoms with Crippen LogP contribution in [0.3, 0.4) is 0 Å². The van der Waals surface area contributed by atoms with Gasteiger partial charge in [-0.3, -0.25) is 4.79 Å².